The van der Waals surface area contributed by atoms with Crippen molar-refractivity contribution in [1.29, 1.82) is 0 Å². The highest BCUT2D eigenvalue weighted by atomic mass is 16.5. The largest absolute Gasteiger partial charge is 0.467 e. The fourth-order valence-electron chi connectivity index (χ4n) is 4.20. The molecular weight excluding hydrogens is 408 g/mol. The molecule has 0 unspecified atom stereocenters. The van der Waals surface area contributed by atoms with Crippen molar-refractivity contribution in [3.63, 3.8) is 0 Å². The van der Waals surface area contributed by atoms with Gasteiger partial charge in [0.2, 0.25) is 0 Å². The molecular formula is C23H26N6O3. The Kier molecular flexibility index (Phi) is 5.83. The average Bonchev–Trinajstić information content (AvgIpc) is 3.54. The van der Waals surface area contributed by atoms with Gasteiger partial charge in [-0.1, -0.05) is 11.6 Å². The predicted molar refractivity (Wildman–Crippen MR) is 118 cm³/mol. The third-order valence-corrected chi connectivity index (χ3v) is 5.81. The molecule has 1 aromatic carbocycles. The maximum atomic E-state index is 12.8. The van der Waals surface area contributed by atoms with E-state index in [-0.39, 0.29) is 11.7 Å². The van der Waals surface area contributed by atoms with Crippen molar-refractivity contribution in [2.45, 2.75) is 45.5 Å². The minimum atomic E-state index is -0.0751. The molecule has 32 heavy (non-hydrogen) atoms. The summed E-state index contributed by atoms with van der Waals surface area (Å²) in [5.41, 5.74) is 2.64. The van der Waals surface area contributed by atoms with E-state index >= 15 is 0 Å². The molecule has 4 aromatic rings. The second-order valence-corrected chi connectivity index (χ2v) is 8.35. The lowest BCUT2D eigenvalue weighted by atomic mass is 10.1. The van der Waals surface area contributed by atoms with Crippen molar-refractivity contribution in [3.8, 4) is 0 Å². The molecule has 4 heterocycles. The van der Waals surface area contributed by atoms with Gasteiger partial charge in [-0.3, -0.25) is 9.69 Å². The molecule has 0 radical (unpaired) electrons. The third kappa shape index (κ3) is 4.63. The molecule has 5 rings (SSSR count). The standard InChI is InChI=1S/C23H26N6O3/c1-16-6-7-21-17(10-16)11-18(23(30)24-21)12-28(13-19-4-2-8-31-19)15-22-25-26-27-29(22)14-20-5-3-9-32-20/h3,5-7,9-11,19H,2,4,8,12-15H2,1H3,(H,24,30)/t19-/m0/s1. The second kappa shape index (κ2) is 9.05. The van der Waals surface area contributed by atoms with Gasteiger partial charge in [-0.25, -0.2) is 4.68 Å². The molecule has 9 heteroatoms. The van der Waals surface area contributed by atoms with Crippen LogP contribution in [0.5, 0.6) is 0 Å². The number of ether oxygens (including phenoxy) is 1. The topological polar surface area (TPSA) is 102 Å². The first kappa shape index (κ1) is 20.6. The molecule has 1 atom stereocenters. The van der Waals surface area contributed by atoms with Gasteiger partial charge in [0.05, 0.1) is 18.9 Å². The number of H-pyrrole nitrogens is 1. The van der Waals surface area contributed by atoms with Crippen LogP contribution < -0.4 is 5.56 Å². The molecule has 9 nitrogen and oxygen atoms in total. The number of fused-ring (bicyclic) bond motifs is 1. The Balaban J connectivity index is 1.40. The molecule has 0 spiro atoms. The summed E-state index contributed by atoms with van der Waals surface area (Å²) in [6, 6.07) is 11.8. The van der Waals surface area contributed by atoms with E-state index in [1.54, 1.807) is 10.9 Å². The van der Waals surface area contributed by atoms with Gasteiger partial charge in [0.25, 0.3) is 5.56 Å². The molecule has 1 aliphatic heterocycles. The molecule has 0 aliphatic carbocycles. The van der Waals surface area contributed by atoms with Crippen molar-refractivity contribution in [2.75, 3.05) is 13.2 Å². The maximum Gasteiger partial charge on any atom is 0.252 e. The van der Waals surface area contributed by atoms with Crippen molar-refractivity contribution in [3.05, 3.63) is 75.7 Å². The highest BCUT2D eigenvalue weighted by molar-refractivity contribution is 5.79. The van der Waals surface area contributed by atoms with E-state index in [1.165, 1.54) is 0 Å². The number of hydrogen-bond acceptors (Lipinski definition) is 7. The Hall–Kier alpha value is -3.30. The number of aromatic nitrogens is 5. The van der Waals surface area contributed by atoms with Gasteiger partial charge >= 0.3 is 0 Å². The fraction of sp³-hybridized carbons (Fsp3) is 0.391. The first-order valence-corrected chi connectivity index (χ1v) is 10.9. The quantitative estimate of drug-likeness (QED) is 0.455. The number of aromatic amines is 1. The lowest BCUT2D eigenvalue weighted by Gasteiger charge is -2.24. The van der Waals surface area contributed by atoms with Crippen LogP contribution in [0.1, 0.15) is 35.6 Å². The van der Waals surface area contributed by atoms with Crippen LogP contribution in [0, 0.1) is 6.92 Å². The molecule has 0 amide bonds. The number of benzene rings is 1. The Morgan fingerprint density at radius 1 is 1.25 bits per heavy atom. The van der Waals surface area contributed by atoms with E-state index in [2.05, 4.69) is 31.5 Å². The minimum absolute atomic E-state index is 0.0751. The van der Waals surface area contributed by atoms with E-state index in [1.807, 2.05) is 37.3 Å². The summed E-state index contributed by atoms with van der Waals surface area (Å²) in [4.78, 5) is 18.0. The summed E-state index contributed by atoms with van der Waals surface area (Å²) in [6.07, 6.45) is 3.86. The summed E-state index contributed by atoms with van der Waals surface area (Å²) < 4.78 is 13.0. The zero-order chi connectivity index (χ0) is 21.9. The zero-order valence-electron chi connectivity index (χ0n) is 18.0. The van der Waals surface area contributed by atoms with Crippen LogP contribution >= 0.6 is 0 Å². The number of nitrogens with zero attached hydrogens (tertiary/aromatic N) is 5. The van der Waals surface area contributed by atoms with E-state index in [9.17, 15) is 4.79 Å². The number of rotatable bonds is 8. The monoisotopic (exact) mass is 434 g/mol. The highest BCUT2D eigenvalue weighted by Gasteiger charge is 2.22. The van der Waals surface area contributed by atoms with Crippen LogP contribution in [0.15, 0.2) is 51.9 Å². The number of tetrazole rings is 1. The number of hydrogen-bond donors (Lipinski definition) is 1. The predicted octanol–water partition coefficient (Wildman–Crippen LogP) is 2.65. The van der Waals surface area contributed by atoms with Crippen LogP contribution in [-0.2, 0) is 24.4 Å². The molecule has 3 aromatic heterocycles. The van der Waals surface area contributed by atoms with E-state index < -0.39 is 0 Å². The summed E-state index contributed by atoms with van der Waals surface area (Å²) >= 11 is 0. The maximum absolute atomic E-state index is 12.8. The van der Waals surface area contributed by atoms with Crippen LogP contribution in [0.4, 0.5) is 0 Å². The summed E-state index contributed by atoms with van der Waals surface area (Å²) in [5.74, 6) is 1.50. The van der Waals surface area contributed by atoms with Gasteiger partial charge in [-0.15, -0.1) is 5.10 Å². The summed E-state index contributed by atoms with van der Waals surface area (Å²) in [6.45, 7) is 4.97. The lowest BCUT2D eigenvalue weighted by molar-refractivity contribution is 0.0663. The second-order valence-electron chi connectivity index (χ2n) is 8.35. The molecule has 0 saturated carbocycles. The lowest BCUT2D eigenvalue weighted by Crippen LogP contribution is -2.34. The van der Waals surface area contributed by atoms with Crippen LogP contribution in [0.2, 0.25) is 0 Å². The normalized spacial score (nSPS) is 16.4. The van der Waals surface area contributed by atoms with Crippen molar-refractivity contribution in [1.82, 2.24) is 30.1 Å². The molecule has 1 fully saturated rings. The van der Waals surface area contributed by atoms with E-state index in [0.29, 0.717) is 37.6 Å². The third-order valence-electron chi connectivity index (χ3n) is 5.81. The molecule has 0 bridgehead atoms. The first-order valence-electron chi connectivity index (χ1n) is 10.9. The van der Waals surface area contributed by atoms with E-state index in [0.717, 1.165) is 41.7 Å². The molecule has 1 saturated heterocycles. The Labute approximate surface area is 185 Å². The van der Waals surface area contributed by atoms with Gasteiger partial charge in [0, 0.05) is 30.8 Å². The first-order chi connectivity index (χ1) is 15.6. The van der Waals surface area contributed by atoms with Crippen molar-refractivity contribution >= 4 is 10.9 Å². The molecule has 166 valence electrons. The number of nitrogens with one attached hydrogen (secondary N) is 1. The van der Waals surface area contributed by atoms with Gasteiger partial charge in [-0.05, 0) is 65.9 Å². The molecule has 1 aliphatic rings. The Morgan fingerprint density at radius 2 is 2.19 bits per heavy atom. The highest BCUT2D eigenvalue weighted by Crippen LogP contribution is 2.18. The van der Waals surface area contributed by atoms with Crippen LogP contribution in [0.3, 0.4) is 0 Å². The van der Waals surface area contributed by atoms with Crippen molar-refractivity contribution < 1.29 is 9.15 Å². The number of pyridine rings is 1. The smallest absolute Gasteiger partial charge is 0.252 e. The zero-order valence-corrected chi connectivity index (χ0v) is 18.0. The fourth-order valence-corrected chi connectivity index (χ4v) is 4.20. The average molecular weight is 435 g/mol. The van der Waals surface area contributed by atoms with Crippen LogP contribution in [0.25, 0.3) is 10.9 Å². The van der Waals surface area contributed by atoms with E-state index in [4.69, 9.17) is 9.15 Å². The van der Waals surface area contributed by atoms with Gasteiger partial charge in [-0.2, -0.15) is 0 Å². The number of furan rings is 1. The Morgan fingerprint density at radius 3 is 3.00 bits per heavy atom. The van der Waals surface area contributed by atoms with Crippen molar-refractivity contribution in [2.24, 2.45) is 0 Å². The number of aryl methyl sites for hydroxylation is 1. The Bertz CT molecular complexity index is 1240. The molecule has 1 N–H and O–H groups in total. The van der Waals surface area contributed by atoms with Crippen LogP contribution in [-0.4, -0.2) is 49.3 Å². The summed E-state index contributed by atoms with van der Waals surface area (Å²) in [5, 5.41) is 13.2. The SMILES string of the molecule is Cc1ccc2[nH]c(=O)c(CN(Cc3nnnn3Cc3ccco3)C[C@@H]3CCCO3)cc2c1. The minimum Gasteiger partial charge on any atom is -0.467 e. The van der Waals surface area contributed by atoms with Gasteiger partial charge in [0.1, 0.15) is 12.3 Å². The summed E-state index contributed by atoms with van der Waals surface area (Å²) in [7, 11) is 0. The van der Waals surface area contributed by atoms with Gasteiger partial charge in [0.15, 0.2) is 5.82 Å². The van der Waals surface area contributed by atoms with Gasteiger partial charge < -0.3 is 14.1 Å².